The van der Waals surface area contributed by atoms with Crippen LogP contribution in [0.2, 0.25) is 0 Å². The highest BCUT2D eigenvalue weighted by Crippen LogP contribution is 2.32. The maximum atomic E-state index is 14.2. The van der Waals surface area contributed by atoms with Crippen LogP contribution in [-0.2, 0) is 26.2 Å². The Morgan fingerprint density at radius 2 is 1.58 bits per heavy atom. The summed E-state index contributed by atoms with van der Waals surface area (Å²) in [6, 6.07) is 15.4. The summed E-state index contributed by atoms with van der Waals surface area (Å²) in [6.45, 7) is 6.99. The third-order valence-electron chi connectivity index (χ3n) is 7.33. The molecule has 0 radical (unpaired) electrons. The molecular formula is C32H40FN3O6S. The number of carbonyl (C=O) groups excluding carboxylic acids is 2. The maximum Gasteiger partial charge on any atom is 0.264 e. The fourth-order valence-corrected chi connectivity index (χ4v) is 6.00. The molecule has 232 valence electrons. The quantitative estimate of drug-likeness (QED) is 0.272. The average molecular weight is 614 g/mol. The van der Waals surface area contributed by atoms with E-state index in [1.165, 1.54) is 49.5 Å². The summed E-state index contributed by atoms with van der Waals surface area (Å²) >= 11 is 0. The van der Waals surface area contributed by atoms with Gasteiger partial charge in [0.15, 0.2) is 11.5 Å². The van der Waals surface area contributed by atoms with Crippen molar-refractivity contribution in [2.75, 3.05) is 25.1 Å². The lowest BCUT2D eigenvalue weighted by atomic mass is 10.1. The van der Waals surface area contributed by atoms with E-state index in [2.05, 4.69) is 5.32 Å². The van der Waals surface area contributed by atoms with Crippen molar-refractivity contribution in [2.24, 2.45) is 0 Å². The predicted molar refractivity (Wildman–Crippen MR) is 164 cm³/mol. The van der Waals surface area contributed by atoms with Crippen molar-refractivity contribution < 1.29 is 31.9 Å². The van der Waals surface area contributed by atoms with Crippen LogP contribution in [0.4, 0.5) is 10.1 Å². The zero-order valence-corrected chi connectivity index (χ0v) is 26.3. The molecule has 0 bridgehead atoms. The predicted octanol–water partition coefficient (Wildman–Crippen LogP) is 5.07. The standard InChI is InChI=1S/C32H40FN3O6S/c1-7-23(4)34-32(38)28(8-2)35(20-24-12-10-9-11-22(24)3)31(37)21-36(26-15-13-25(33)14-16-26)43(39,40)27-17-18-29(41-5)30(19-27)42-6/h9-19,23,28H,7-8,20-21H2,1-6H3,(H,34,38)/t23-,28+/m1/s1. The normalized spacial score (nSPS) is 12.6. The van der Waals surface area contributed by atoms with Gasteiger partial charge in [0.05, 0.1) is 24.8 Å². The third kappa shape index (κ3) is 8.04. The SMILES string of the molecule is CC[C@@H](C)NC(=O)[C@H](CC)N(Cc1ccccc1C)C(=O)CN(c1ccc(F)cc1)S(=O)(=O)c1ccc(OC)c(OC)c1. The Morgan fingerprint density at radius 1 is 0.930 bits per heavy atom. The Balaban J connectivity index is 2.10. The number of carbonyl (C=O) groups is 2. The fraction of sp³-hybridized carbons (Fsp3) is 0.375. The van der Waals surface area contributed by atoms with Crippen LogP contribution in [0.25, 0.3) is 0 Å². The Kier molecular flexibility index (Phi) is 11.5. The molecule has 2 amide bonds. The maximum absolute atomic E-state index is 14.2. The number of anilines is 1. The van der Waals surface area contributed by atoms with Crippen LogP contribution in [0.15, 0.2) is 71.6 Å². The van der Waals surface area contributed by atoms with Gasteiger partial charge in [-0.25, -0.2) is 12.8 Å². The lowest BCUT2D eigenvalue weighted by molar-refractivity contribution is -0.140. The summed E-state index contributed by atoms with van der Waals surface area (Å²) in [7, 11) is -1.57. The highest BCUT2D eigenvalue weighted by molar-refractivity contribution is 7.92. The van der Waals surface area contributed by atoms with Gasteiger partial charge in [0, 0.05) is 18.7 Å². The van der Waals surface area contributed by atoms with Crippen molar-refractivity contribution in [2.45, 2.75) is 64.1 Å². The number of nitrogens with zero attached hydrogens (tertiary/aromatic N) is 2. The van der Waals surface area contributed by atoms with E-state index in [4.69, 9.17) is 9.47 Å². The molecule has 9 nitrogen and oxygen atoms in total. The van der Waals surface area contributed by atoms with Crippen molar-refractivity contribution in [3.05, 3.63) is 83.7 Å². The fourth-order valence-electron chi connectivity index (χ4n) is 4.57. The molecule has 43 heavy (non-hydrogen) atoms. The molecule has 0 unspecified atom stereocenters. The second kappa shape index (κ2) is 14.9. The molecule has 0 heterocycles. The van der Waals surface area contributed by atoms with Crippen LogP contribution in [0.3, 0.4) is 0 Å². The Hall–Kier alpha value is -4.12. The number of sulfonamides is 1. The lowest BCUT2D eigenvalue weighted by Gasteiger charge is -2.34. The number of benzene rings is 3. The zero-order chi connectivity index (χ0) is 31.7. The molecule has 0 spiro atoms. The molecule has 2 atom stereocenters. The van der Waals surface area contributed by atoms with Gasteiger partial charge in [-0.2, -0.15) is 0 Å². The van der Waals surface area contributed by atoms with Crippen molar-refractivity contribution in [3.63, 3.8) is 0 Å². The minimum atomic E-state index is -4.38. The van der Waals surface area contributed by atoms with Crippen LogP contribution < -0.4 is 19.1 Å². The smallest absolute Gasteiger partial charge is 0.264 e. The minimum absolute atomic E-state index is 0.0810. The molecule has 3 rings (SSSR count). The highest BCUT2D eigenvalue weighted by Gasteiger charge is 2.34. The summed E-state index contributed by atoms with van der Waals surface area (Å²) in [5, 5.41) is 2.96. The van der Waals surface area contributed by atoms with Gasteiger partial charge in [-0.3, -0.25) is 13.9 Å². The average Bonchev–Trinajstić information content (AvgIpc) is 3.00. The van der Waals surface area contributed by atoms with Gasteiger partial charge in [-0.1, -0.05) is 38.1 Å². The molecule has 0 fully saturated rings. The van der Waals surface area contributed by atoms with Gasteiger partial charge in [-0.05, 0) is 74.2 Å². The van der Waals surface area contributed by atoms with E-state index in [1.807, 2.05) is 45.0 Å². The molecule has 3 aromatic rings. The summed E-state index contributed by atoms with van der Waals surface area (Å²) in [5.41, 5.74) is 1.82. The molecular weight excluding hydrogens is 573 g/mol. The van der Waals surface area contributed by atoms with Gasteiger partial charge >= 0.3 is 0 Å². The van der Waals surface area contributed by atoms with Crippen LogP contribution in [0.1, 0.15) is 44.7 Å². The molecule has 0 saturated carbocycles. The number of methoxy groups -OCH3 is 2. The van der Waals surface area contributed by atoms with Crippen molar-refractivity contribution in [3.8, 4) is 11.5 Å². The number of hydrogen-bond acceptors (Lipinski definition) is 6. The number of rotatable bonds is 14. The van der Waals surface area contributed by atoms with Crippen LogP contribution in [0.5, 0.6) is 11.5 Å². The first-order chi connectivity index (χ1) is 20.5. The topological polar surface area (TPSA) is 105 Å². The first-order valence-corrected chi connectivity index (χ1v) is 15.5. The van der Waals surface area contributed by atoms with Gasteiger partial charge in [-0.15, -0.1) is 0 Å². The van der Waals surface area contributed by atoms with Crippen molar-refractivity contribution in [1.29, 1.82) is 0 Å². The number of hydrogen-bond donors (Lipinski definition) is 1. The van der Waals surface area contributed by atoms with E-state index in [9.17, 15) is 22.4 Å². The monoisotopic (exact) mass is 613 g/mol. The van der Waals surface area contributed by atoms with E-state index in [-0.39, 0.29) is 34.8 Å². The van der Waals surface area contributed by atoms with E-state index >= 15 is 0 Å². The Bertz CT molecular complexity index is 1510. The van der Waals surface area contributed by atoms with Crippen LogP contribution in [0, 0.1) is 12.7 Å². The molecule has 0 aromatic heterocycles. The van der Waals surface area contributed by atoms with Crippen molar-refractivity contribution >= 4 is 27.5 Å². The van der Waals surface area contributed by atoms with Gasteiger partial charge in [0.1, 0.15) is 18.4 Å². The highest BCUT2D eigenvalue weighted by atomic mass is 32.2. The van der Waals surface area contributed by atoms with E-state index in [0.29, 0.717) is 18.6 Å². The molecule has 0 aliphatic rings. The molecule has 0 aliphatic carbocycles. The molecule has 0 saturated heterocycles. The second-order valence-electron chi connectivity index (χ2n) is 10.2. The number of nitrogens with one attached hydrogen (secondary N) is 1. The lowest BCUT2D eigenvalue weighted by Crippen LogP contribution is -2.53. The van der Waals surface area contributed by atoms with Crippen molar-refractivity contribution in [1.82, 2.24) is 10.2 Å². The number of halogens is 1. The summed E-state index contributed by atoms with van der Waals surface area (Å²) < 4.78 is 53.5. The zero-order valence-electron chi connectivity index (χ0n) is 25.5. The van der Waals surface area contributed by atoms with E-state index in [1.54, 1.807) is 6.92 Å². The Labute approximate surface area is 253 Å². The largest absolute Gasteiger partial charge is 0.493 e. The first kappa shape index (κ1) is 33.4. The van der Waals surface area contributed by atoms with Gasteiger partial charge in [0.2, 0.25) is 11.8 Å². The Morgan fingerprint density at radius 3 is 2.16 bits per heavy atom. The molecule has 3 aromatic carbocycles. The third-order valence-corrected chi connectivity index (χ3v) is 9.10. The first-order valence-electron chi connectivity index (χ1n) is 14.1. The van der Waals surface area contributed by atoms with Crippen LogP contribution in [-0.4, -0.2) is 58.0 Å². The molecule has 0 aliphatic heterocycles. The summed E-state index contributed by atoms with van der Waals surface area (Å²) in [4.78, 5) is 28.9. The number of aryl methyl sites for hydroxylation is 1. The second-order valence-corrected chi connectivity index (χ2v) is 12.1. The summed E-state index contributed by atoms with van der Waals surface area (Å²) in [6.07, 6.45) is 1.01. The number of amides is 2. The molecule has 11 heteroatoms. The van der Waals surface area contributed by atoms with Crippen LogP contribution >= 0.6 is 0 Å². The minimum Gasteiger partial charge on any atom is -0.493 e. The number of ether oxygens (including phenoxy) is 2. The van der Waals surface area contributed by atoms with E-state index < -0.39 is 34.3 Å². The van der Waals surface area contributed by atoms with Gasteiger partial charge in [0.25, 0.3) is 10.0 Å². The summed E-state index contributed by atoms with van der Waals surface area (Å²) in [5.74, 6) is -0.971. The van der Waals surface area contributed by atoms with E-state index in [0.717, 1.165) is 27.6 Å². The van der Waals surface area contributed by atoms with Gasteiger partial charge < -0.3 is 19.7 Å². The molecule has 1 N–H and O–H groups in total.